The molecule has 0 spiro atoms. The van der Waals surface area contributed by atoms with Crippen LogP contribution in [0.4, 0.5) is 13.2 Å². The zero-order valence-corrected chi connectivity index (χ0v) is 16.2. The summed E-state index contributed by atoms with van der Waals surface area (Å²) in [5.41, 5.74) is -1.79. The largest absolute Gasteiger partial charge is 0.446 e. The van der Waals surface area contributed by atoms with E-state index in [1.165, 1.54) is 12.1 Å². The van der Waals surface area contributed by atoms with E-state index in [2.05, 4.69) is 10.3 Å². The molecule has 29 heavy (non-hydrogen) atoms. The van der Waals surface area contributed by atoms with Gasteiger partial charge in [0.25, 0.3) is 5.56 Å². The first-order valence-corrected chi connectivity index (χ1v) is 10.2. The minimum atomic E-state index is -4.35. The monoisotopic (exact) mass is 420 g/mol. The Balaban J connectivity index is 1.69. The van der Waals surface area contributed by atoms with Gasteiger partial charge in [0.15, 0.2) is 0 Å². The van der Waals surface area contributed by atoms with Crippen LogP contribution < -0.4 is 10.9 Å². The molecule has 1 atom stereocenters. The van der Waals surface area contributed by atoms with E-state index < -0.39 is 5.51 Å². The minimum absolute atomic E-state index is 0.0416. The number of rotatable bonds is 5. The van der Waals surface area contributed by atoms with Gasteiger partial charge in [-0.25, -0.2) is 0 Å². The number of carbonyl (C=O) groups is 1. The number of aromatic amines is 1. The summed E-state index contributed by atoms with van der Waals surface area (Å²) < 4.78 is 37.8. The van der Waals surface area contributed by atoms with Gasteiger partial charge in [0.1, 0.15) is 0 Å². The molecule has 0 radical (unpaired) electrons. The van der Waals surface area contributed by atoms with Gasteiger partial charge in [-0.05, 0) is 60.7 Å². The highest BCUT2D eigenvalue weighted by molar-refractivity contribution is 8.00. The van der Waals surface area contributed by atoms with Gasteiger partial charge in [-0.15, -0.1) is 0 Å². The molecule has 2 N–H and O–H groups in total. The lowest BCUT2D eigenvalue weighted by Crippen LogP contribution is -2.23. The van der Waals surface area contributed by atoms with Crippen LogP contribution in [0.5, 0.6) is 0 Å². The van der Waals surface area contributed by atoms with Crippen LogP contribution in [0.3, 0.4) is 0 Å². The van der Waals surface area contributed by atoms with Crippen molar-refractivity contribution < 1.29 is 18.0 Å². The molecule has 4 rings (SSSR count). The number of alkyl halides is 3. The fraction of sp³-hybridized carbons (Fsp3) is 0.333. The number of amides is 1. The average molecular weight is 420 g/mol. The molecule has 1 aliphatic heterocycles. The lowest BCUT2D eigenvalue weighted by Gasteiger charge is -2.13. The predicted molar refractivity (Wildman–Crippen MR) is 106 cm³/mol. The van der Waals surface area contributed by atoms with Gasteiger partial charge in [-0.3, -0.25) is 9.59 Å². The first-order valence-electron chi connectivity index (χ1n) is 9.39. The predicted octanol–water partition coefficient (Wildman–Crippen LogP) is 4.57. The Kier molecular flexibility index (Phi) is 5.29. The van der Waals surface area contributed by atoms with Crippen LogP contribution in [0.2, 0.25) is 0 Å². The van der Waals surface area contributed by atoms with Gasteiger partial charge in [0.2, 0.25) is 5.91 Å². The van der Waals surface area contributed by atoms with Crippen LogP contribution >= 0.6 is 11.8 Å². The third-order valence-electron chi connectivity index (χ3n) is 5.04. The Morgan fingerprint density at radius 2 is 1.76 bits per heavy atom. The van der Waals surface area contributed by atoms with Crippen molar-refractivity contribution in [1.82, 2.24) is 10.3 Å². The quantitative estimate of drug-likeness (QED) is 0.697. The molecule has 1 saturated carbocycles. The van der Waals surface area contributed by atoms with Gasteiger partial charge in [-0.2, -0.15) is 13.2 Å². The van der Waals surface area contributed by atoms with E-state index in [-0.39, 0.29) is 34.2 Å². The van der Waals surface area contributed by atoms with Gasteiger partial charge in [0, 0.05) is 34.2 Å². The van der Waals surface area contributed by atoms with Gasteiger partial charge in [0.05, 0.1) is 0 Å². The summed E-state index contributed by atoms with van der Waals surface area (Å²) in [5.74, 6) is 0.271. The molecule has 0 bridgehead atoms. The molecule has 0 unspecified atom stereocenters. The van der Waals surface area contributed by atoms with E-state index in [1.807, 2.05) is 18.2 Å². The number of hydrogen-bond donors (Lipinski definition) is 2. The number of H-pyrrole nitrogens is 1. The summed E-state index contributed by atoms with van der Waals surface area (Å²) in [4.78, 5) is 27.0. The fourth-order valence-corrected chi connectivity index (χ4v) is 4.04. The number of carbonyl (C=O) groups excluding carboxylic acids is 1. The van der Waals surface area contributed by atoms with Crippen molar-refractivity contribution in [2.75, 3.05) is 0 Å². The van der Waals surface area contributed by atoms with E-state index in [4.69, 9.17) is 0 Å². The number of thioether (sulfide) groups is 1. The average Bonchev–Trinajstić information content (AvgIpc) is 3.41. The molecule has 2 heterocycles. The maximum absolute atomic E-state index is 12.6. The second-order valence-corrected chi connectivity index (χ2v) is 8.43. The number of hydrogen-bond acceptors (Lipinski definition) is 3. The Labute approximate surface area is 169 Å². The molecule has 8 heteroatoms. The smallest absolute Gasteiger partial charge is 0.350 e. The second-order valence-electron chi connectivity index (χ2n) is 7.30. The maximum atomic E-state index is 12.6. The van der Waals surface area contributed by atoms with E-state index in [0.29, 0.717) is 35.6 Å². The molecule has 2 aromatic rings. The minimum Gasteiger partial charge on any atom is -0.350 e. The van der Waals surface area contributed by atoms with Crippen molar-refractivity contribution in [3.63, 3.8) is 0 Å². The van der Waals surface area contributed by atoms with E-state index >= 15 is 0 Å². The normalized spacial score (nSPS) is 20.0. The Bertz CT molecular complexity index is 1010. The summed E-state index contributed by atoms with van der Waals surface area (Å²) in [6.07, 6.45) is 4.94. The lowest BCUT2D eigenvalue weighted by molar-refractivity contribution is -0.119. The van der Waals surface area contributed by atoms with E-state index in [0.717, 1.165) is 18.4 Å². The molecule has 2 aliphatic rings. The fourth-order valence-electron chi connectivity index (χ4n) is 3.50. The van der Waals surface area contributed by atoms with Gasteiger partial charge in [-0.1, -0.05) is 24.3 Å². The molecule has 4 nitrogen and oxygen atoms in total. The number of benzene rings is 1. The van der Waals surface area contributed by atoms with Crippen molar-refractivity contribution in [2.24, 2.45) is 0 Å². The molecule has 152 valence electrons. The highest BCUT2D eigenvalue weighted by Gasteiger charge is 2.29. The summed E-state index contributed by atoms with van der Waals surface area (Å²) in [6, 6.07) is 9.48. The second kappa shape index (κ2) is 7.74. The lowest BCUT2D eigenvalue weighted by atomic mass is 9.98. The van der Waals surface area contributed by atoms with Gasteiger partial charge >= 0.3 is 5.51 Å². The van der Waals surface area contributed by atoms with Crippen LogP contribution in [0.25, 0.3) is 5.57 Å². The third-order valence-corrected chi connectivity index (χ3v) is 5.78. The molecular weight excluding hydrogens is 401 g/mol. The van der Waals surface area contributed by atoms with Crippen LogP contribution in [-0.4, -0.2) is 22.4 Å². The molecule has 1 aromatic heterocycles. The van der Waals surface area contributed by atoms with Crippen molar-refractivity contribution in [2.45, 2.75) is 48.0 Å². The molecule has 1 amide bonds. The van der Waals surface area contributed by atoms with Crippen molar-refractivity contribution in [1.29, 1.82) is 0 Å². The Morgan fingerprint density at radius 3 is 2.31 bits per heavy atom. The Hall–Kier alpha value is -2.48. The topological polar surface area (TPSA) is 62.0 Å². The number of aromatic nitrogens is 1. The maximum Gasteiger partial charge on any atom is 0.446 e. The summed E-state index contributed by atoms with van der Waals surface area (Å²) in [6.45, 7) is 0. The highest BCUT2D eigenvalue weighted by atomic mass is 32.2. The first kappa shape index (κ1) is 19.8. The van der Waals surface area contributed by atoms with Crippen LogP contribution in [0.15, 0.2) is 52.2 Å². The van der Waals surface area contributed by atoms with E-state index in [9.17, 15) is 22.8 Å². The highest BCUT2D eigenvalue weighted by Crippen LogP contribution is 2.39. The van der Waals surface area contributed by atoms with Crippen LogP contribution in [0, 0.1) is 0 Å². The molecule has 1 aromatic carbocycles. The SMILES string of the molecule is O=C1CC[C@H](/C=C(\c2ccc(SC(F)(F)F)cc2)c2ccc(C3CC3)c(=O)[nH]2)N1. The van der Waals surface area contributed by atoms with Crippen LogP contribution in [-0.2, 0) is 4.79 Å². The third kappa shape index (κ3) is 4.93. The van der Waals surface area contributed by atoms with E-state index in [1.54, 1.807) is 12.1 Å². The summed E-state index contributed by atoms with van der Waals surface area (Å²) in [7, 11) is 0. The standard InChI is InChI=1S/C21H19F3N2O2S/c22-21(23,24)29-15-6-3-13(4-7-15)17(11-14-5-10-19(27)25-14)18-9-8-16(12-1-2-12)20(28)26-18/h3-4,6-9,11-12,14H,1-2,5,10H2,(H,25,27)(H,26,28)/b17-11+/t14-/m1/s1. The Morgan fingerprint density at radius 1 is 1.03 bits per heavy atom. The zero-order chi connectivity index (χ0) is 20.6. The number of nitrogens with one attached hydrogen (secondary N) is 2. The molecule has 1 aliphatic carbocycles. The number of pyridine rings is 1. The molecular formula is C21H19F3N2O2S. The zero-order valence-electron chi connectivity index (χ0n) is 15.4. The van der Waals surface area contributed by atoms with Crippen molar-refractivity contribution >= 4 is 23.2 Å². The molecule has 2 fully saturated rings. The van der Waals surface area contributed by atoms with Crippen molar-refractivity contribution in [3.05, 3.63) is 69.6 Å². The number of halogens is 3. The summed E-state index contributed by atoms with van der Waals surface area (Å²) >= 11 is -0.170. The van der Waals surface area contributed by atoms with Gasteiger partial charge < -0.3 is 10.3 Å². The summed E-state index contributed by atoms with van der Waals surface area (Å²) in [5, 5.41) is 2.86. The molecule has 1 saturated heterocycles. The van der Waals surface area contributed by atoms with Crippen LogP contribution in [0.1, 0.15) is 48.4 Å². The first-order chi connectivity index (χ1) is 13.8. The van der Waals surface area contributed by atoms with Crippen molar-refractivity contribution in [3.8, 4) is 0 Å².